The van der Waals surface area contributed by atoms with Crippen molar-refractivity contribution in [1.82, 2.24) is 5.32 Å². The first-order valence-electron chi connectivity index (χ1n) is 4.35. The van der Waals surface area contributed by atoms with E-state index in [9.17, 15) is 0 Å². The van der Waals surface area contributed by atoms with Gasteiger partial charge in [-0.2, -0.15) is 0 Å². The van der Waals surface area contributed by atoms with E-state index in [2.05, 4.69) is 25.2 Å². The molecule has 1 aliphatic rings. The van der Waals surface area contributed by atoms with Gasteiger partial charge >= 0.3 is 0 Å². The maximum Gasteiger partial charge on any atom is 0.127 e. The van der Waals surface area contributed by atoms with E-state index in [4.69, 9.17) is 4.74 Å². The molecule has 0 amide bonds. The molecule has 0 bridgehead atoms. The molecule has 64 valence electrons. The molecule has 0 aliphatic carbocycles. The molecule has 1 atom stereocenters. The van der Waals surface area contributed by atoms with E-state index in [1.807, 2.05) is 6.20 Å². The Balaban J connectivity index is 2.26. The van der Waals surface area contributed by atoms with Crippen LogP contribution in [-0.4, -0.2) is 12.3 Å². The van der Waals surface area contributed by atoms with E-state index in [0.717, 1.165) is 6.42 Å². The monoisotopic (exact) mass is 155 g/mol. The Morgan fingerprint density at radius 1 is 1.55 bits per heavy atom. The predicted molar refractivity (Wildman–Crippen MR) is 46.1 cm³/mol. The average Bonchev–Trinajstić information content (AvgIpc) is 2.14. The van der Waals surface area contributed by atoms with Crippen LogP contribution in [0.2, 0.25) is 0 Å². The van der Waals surface area contributed by atoms with Crippen molar-refractivity contribution in [3.63, 3.8) is 0 Å². The molecule has 0 aromatic rings. The summed E-state index contributed by atoms with van der Waals surface area (Å²) in [7, 11) is 0. The maximum absolute atomic E-state index is 5.61. The smallest absolute Gasteiger partial charge is 0.127 e. The molecule has 0 aromatic heterocycles. The first-order valence-corrected chi connectivity index (χ1v) is 4.35. The van der Waals surface area contributed by atoms with E-state index in [1.54, 1.807) is 0 Å². The Labute approximate surface area is 68.6 Å². The highest BCUT2D eigenvalue weighted by molar-refractivity contribution is 4.84. The third kappa shape index (κ3) is 3.42. The lowest BCUT2D eigenvalue weighted by Gasteiger charge is -2.18. The van der Waals surface area contributed by atoms with Crippen LogP contribution in [0.1, 0.15) is 33.1 Å². The van der Waals surface area contributed by atoms with Crippen LogP contribution in [0.15, 0.2) is 12.3 Å². The van der Waals surface area contributed by atoms with Crippen molar-refractivity contribution in [2.24, 2.45) is 0 Å². The number of hydrogen-bond acceptors (Lipinski definition) is 2. The van der Waals surface area contributed by atoms with Crippen LogP contribution in [0.25, 0.3) is 0 Å². The number of hydrogen-bond donors (Lipinski definition) is 1. The molecule has 0 spiro atoms. The van der Waals surface area contributed by atoms with Crippen LogP contribution < -0.4 is 5.32 Å². The number of nitrogens with one attached hydrogen (secondary N) is 1. The average molecular weight is 155 g/mol. The Hall–Kier alpha value is -0.500. The second kappa shape index (κ2) is 4.39. The van der Waals surface area contributed by atoms with Crippen molar-refractivity contribution in [3.05, 3.63) is 12.3 Å². The molecule has 1 heterocycles. The minimum atomic E-state index is 0.230. The fourth-order valence-corrected chi connectivity index (χ4v) is 1.20. The second-order valence-electron chi connectivity index (χ2n) is 3.17. The molecule has 0 saturated carbocycles. The van der Waals surface area contributed by atoms with Crippen molar-refractivity contribution < 1.29 is 4.74 Å². The summed E-state index contributed by atoms with van der Waals surface area (Å²) in [6.45, 7) is 4.13. The topological polar surface area (TPSA) is 21.3 Å². The Morgan fingerprint density at radius 3 is 3.09 bits per heavy atom. The molecule has 11 heavy (non-hydrogen) atoms. The Bertz CT molecular complexity index is 132. The van der Waals surface area contributed by atoms with Gasteiger partial charge in [-0.3, -0.25) is 0 Å². The summed E-state index contributed by atoms with van der Waals surface area (Å²) in [5.41, 5.74) is 0. The summed E-state index contributed by atoms with van der Waals surface area (Å²) in [4.78, 5) is 0. The van der Waals surface area contributed by atoms with Crippen LogP contribution in [0.3, 0.4) is 0 Å². The molecular weight excluding hydrogens is 138 g/mol. The zero-order valence-corrected chi connectivity index (χ0v) is 7.34. The van der Waals surface area contributed by atoms with Gasteiger partial charge in [-0.1, -0.05) is 6.08 Å². The SMILES string of the molecule is CC(C)OC1CCCC=CN1. The quantitative estimate of drug-likeness (QED) is 0.658. The number of rotatable bonds is 2. The highest BCUT2D eigenvalue weighted by Crippen LogP contribution is 2.08. The van der Waals surface area contributed by atoms with Gasteiger partial charge in [0.25, 0.3) is 0 Å². The molecule has 0 fully saturated rings. The minimum absolute atomic E-state index is 0.230. The Morgan fingerprint density at radius 2 is 2.36 bits per heavy atom. The van der Waals surface area contributed by atoms with Crippen molar-refractivity contribution in [2.75, 3.05) is 0 Å². The molecule has 1 unspecified atom stereocenters. The minimum Gasteiger partial charge on any atom is -0.367 e. The van der Waals surface area contributed by atoms with Gasteiger partial charge in [0.15, 0.2) is 0 Å². The van der Waals surface area contributed by atoms with Crippen LogP contribution in [0.5, 0.6) is 0 Å². The third-order valence-corrected chi connectivity index (χ3v) is 1.67. The second-order valence-corrected chi connectivity index (χ2v) is 3.17. The zero-order valence-electron chi connectivity index (χ0n) is 7.34. The standard InChI is InChI=1S/C9H17NO/c1-8(2)11-9-6-4-3-5-7-10-9/h5,7-10H,3-4,6H2,1-2H3. The summed E-state index contributed by atoms with van der Waals surface area (Å²) >= 11 is 0. The third-order valence-electron chi connectivity index (χ3n) is 1.67. The first kappa shape index (κ1) is 8.60. The van der Waals surface area contributed by atoms with Crippen LogP contribution in [0.4, 0.5) is 0 Å². The molecule has 0 radical (unpaired) electrons. The van der Waals surface area contributed by atoms with Gasteiger partial charge in [-0.15, -0.1) is 0 Å². The van der Waals surface area contributed by atoms with Crippen molar-refractivity contribution >= 4 is 0 Å². The maximum atomic E-state index is 5.61. The normalized spacial score (nSPS) is 24.8. The van der Waals surface area contributed by atoms with E-state index >= 15 is 0 Å². The lowest BCUT2D eigenvalue weighted by Crippen LogP contribution is -2.29. The molecule has 2 nitrogen and oxygen atoms in total. The van der Waals surface area contributed by atoms with Gasteiger partial charge in [0.1, 0.15) is 6.23 Å². The van der Waals surface area contributed by atoms with Crippen molar-refractivity contribution in [3.8, 4) is 0 Å². The van der Waals surface area contributed by atoms with Crippen LogP contribution in [-0.2, 0) is 4.74 Å². The van der Waals surface area contributed by atoms with Crippen LogP contribution in [0, 0.1) is 0 Å². The predicted octanol–water partition coefficient (Wildman–Crippen LogP) is 2.02. The zero-order chi connectivity index (χ0) is 8.10. The highest BCUT2D eigenvalue weighted by atomic mass is 16.5. The molecule has 0 saturated heterocycles. The summed E-state index contributed by atoms with van der Waals surface area (Å²) in [6.07, 6.45) is 8.22. The lowest BCUT2D eigenvalue weighted by atomic mass is 10.2. The number of allylic oxidation sites excluding steroid dienone is 1. The van der Waals surface area contributed by atoms with Gasteiger partial charge in [0, 0.05) is 0 Å². The van der Waals surface area contributed by atoms with E-state index < -0.39 is 0 Å². The molecular formula is C9H17NO. The highest BCUT2D eigenvalue weighted by Gasteiger charge is 2.09. The van der Waals surface area contributed by atoms with Gasteiger partial charge in [-0.25, -0.2) is 0 Å². The fraction of sp³-hybridized carbons (Fsp3) is 0.778. The summed E-state index contributed by atoms with van der Waals surface area (Å²) in [5.74, 6) is 0. The Kier molecular flexibility index (Phi) is 3.43. The summed E-state index contributed by atoms with van der Waals surface area (Å²) in [6, 6.07) is 0. The first-order chi connectivity index (χ1) is 5.29. The van der Waals surface area contributed by atoms with Crippen molar-refractivity contribution in [1.29, 1.82) is 0 Å². The van der Waals surface area contributed by atoms with Crippen molar-refractivity contribution in [2.45, 2.75) is 45.4 Å². The molecule has 1 N–H and O–H groups in total. The van der Waals surface area contributed by atoms with Gasteiger partial charge in [0.2, 0.25) is 0 Å². The summed E-state index contributed by atoms with van der Waals surface area (Å²) in [5, 5.41) is 3.21. The lowest BCUT2D eigenvalue weighted by molar-refractivity contribution is -0.00840. The van der Waals surface area contributed by atoms with Crippen LogP contribution >= 0.6 is 0 Å². The van der Waals surface area contributed by atoms with Gasteiger partial charge in [0.05, 0.1) is 6.10 Å². The van der Waals surface area contributed by atoms with E-state index in [-0.39, 0.29) is 6.23 Å². The number of ether oxygens (including phenoxy) is 1. The molecule has 1 aliphatic heterocycles. The molecule has 2 heteroatoms. The van der Waals surface area contributed by atoms with E-state index in [1.165, 1.54) is 12.8 Å². The van der Waals surface area contributed by atoms with Gasteiger partial charge < -0.3 is 10.1 Å². The molecule has 0 aromatic carbocycles. The van der Waals surface area contributed by atoms with Gasteiger partial charge in [-0.05, 0) is 39.3 Å². The fourth-order valence-electron chi connectivity index (χ4n) is 1.20. The molecule has 1 rings (SSSR count). The van der Waals surface area contributed by atoms with E-state index in [0.29, 0.717) is 6.10 Å². The largest absolute Gasteiger partial charge is 0.367 e. The summed E-state index contributed by atoms with van der Waals surface area (Å²) < 4.78 is 5.61.